The standard InChI is InChI=1S/C10H20O.C10H18O/c1-7(2)9-5-4-8(3)6-10(9)11;1-9(2)5-4-6-10(3)7-8-11/h7-11H,4-6H2,1-3H3;5,8,10H,4,6-7H2,1-3H3/t8-,9+,10-;10-/m01/s1. The van der Waals surface area contributed by atoms with Gasteiger partial charge in [0.05, 0.1) is 6.10 Å². The molecule has 1 saturated carbocycles. The summed E-state index contributed by atoms with van der Waals surface area (Å²) in [6.07, 6.45) is 9.69. The molecule has 1 aliphatic carbocycles. The fraction of sp³-hybridized carbons (Fsp3) is 0.850. The van der Waals surface area contributed by atoms with Crippen molar-refractivity contribution in [2.45, 2.75) is 86.2 Å². The average Bonchev–Trinajstić information content (AvgIpc) is 2.38. The van der Waals surface area contributed by atoms with Crippen molar-refractivity contribution in [3.05, 3.63) is 11.6 Å². The Morgan fingerprint density at radius 3 is 2.32 bits per heavy atom. The third kappa shape index (κ3) is 10.2. The zero-order valence-corrected chi connectivity index (χ0v) is 15.6. The number of aliphatic hydroxyl groups excluding tert-OH is 1. The quantitative estimate of drug-likeness (QED) is 0.527. The molecule has 1 fully saturated rings. The summed E-state index contributed by atoms with van der Waals surface area (Å²) in [7, 11) is 0. The lowest BCUT2D eigenvalue weighted by atomic mass is 9.75. The topological polar surface area (TPSA) is 37.3 Å². The van der Waals surface area contributed by atoms with E-state index < -0.39 is 0 Å². The molecular weight excluding hydrogens is 272 g/mol. The molecule has 0 radical (unpaired) electrons. The van der Waals surface area contributed by atoms with Crippen LogP contribution in [0.15, 0.2) is 11.6 Å². The van der Waals surface area contributed by atoms with Crippen LogP contribution in [0.5, 0.6) is 0 Å². The van der Waals surface area contributed by atoms with Gasteiger partial charge in [-0.05, 0) is 63.2 Å². The molecular formula is C20H38O2. The molecule has 2 nitrogen and oxygen atoms in total. The normalized spacial score (nSPS) is 25.9. The zero-order chi connectivity index (χ0) is 17.1. The van der Waals surface area contributed by atoms with Crippen LogP contribution in [0.25, 0.3) is 0 Å². The van der Waals surface area contributed by atoms with Crippen molar-refractivity contribution < 1.29 is 9.90 Å². The number of carbonyl (C=O) groups excluding carboxylic acids is 1. The van der Waals surface area contributed by atoms with Gasteiger partial charge < -0.3 is 9.90 Å². The van der Waals surface area contributed by atoms with Gasteiger partial charge in [0.2, 0.25) is 0 Å². The first-order valence-electron chi connectivity index (χ1n) is 9.02. The Hall–Kier alpha value is -0.630. The van der Waals surface area contributed by atoms with Crippen LogP contribution in [-0.4, -0.2) is 17.5 Å². The highest BCUT2D eigenvalue weighted by Crippen LogP contribution is 2.33. The smallest absolute Gasteiger partial charge is 0.120 e. The second kappa shape index (κ2) is 11.9. The first-order valence-corrected chi connectivity index (χ1v) is 9.02. The Morgan fingerprint density at radius 1 is 1.23 bits per heavy atom. The molecule has 1 aliphatic rings. The van der Waals surface area contributed by atoms with Gasteiger partial charge in [-0.2, -0.15) is 0 Å². The molecule has 0 aromatic heterocycles. The second-order valence-electron chi connectivity index (χ2n) is 7.76. The minimum atomic E-state index is -0.0289. The number of carbonyl (C=O) groups is 1. The lowest BCUT2D eigenvalue weighted by molar-refractivity contribution is -0.108. The Bertz CT molecular complexity index is 316. The van der Waals surface area contributed by atoms with Gasteiger partial charge in [0, 0.05) is 6.42 Å². The second-order valence-corrected chi connectivity index (χ2v) is 7.76. The summed E-state index contributed by atoms with van der Waals surface area (Å²) in [6, 6.07) is 0. The summed E-state index contributed by atoms with van der Waals surface area (Å²) >= 11 is 0. The van der Waals surface area contributed by atoms with E-state index in [0.717, 1.165) is 31.5 Å². The lowest BCUT2D eigenvalue weighted by Crippen LogP contribution is -2.31. The van der Waals surface area contributed by atoms with Gasteiger partial charge in [0.1, 0.15) is 6.29 Å². The molecule has 130 valence electrons. The van der Waals surface area contributed by atoms with Crippen molar-refractivity contribution in [2.75, 3.05) is 0 Å². The number of hydrogen-bond donors (Lipinski definition) is 1. The van der Waals surface area contributed by atoms with Gasteiger partial charge >= 0.3 is 0 Å². The van der Waals surface area contributed by atoms with Gasteiger partial charge in [-0.3, -0.25) is 0 Å². The molecule has 0 heterocycles. The SMILES string of the molecule is CC(C)=CCC[C@@H](C)CC=O.CC(C)[C@H]1CC[C@H](C)C[C@@H]1O. The minimum absolute atomic E-state index is 0.0289. The first kappa shape index (κ1) is 21.4. The van der Waals surface area contributed by atoms with Crippen molar-refractivity contribution in [2.24, 2.45) is 23.7 Å². The monoisotopic (exact) mass is 310 g/mol. The van der Waals surface area contributed by atoms with Crippen LogP contribution in [0.2, 0.25) is 0 Å². The van der Waals surface area contributed by atoms with E-state index in [-0.39, 0.29) is 6.10 Å². The van der Waals surface area contributed by atoms with Crippen molar-refractivity contribution in [1.82, 2.24) is 0 Å². The Labute approximate surface area is 138 Å². The van der Waals surface area contributed by atoms with E-state index in [1.807, 2.05) is 0 Å². The Morgan fingerprint density at radius 2 is 1.86 bits per heavy atom. The number of rotatable bonds is 6. The lowest BCUT2D eigenvalue weighted by Gasteiger charge is -2.33. The van der Waals surface area contributed by atoms with Gasteiger partial charge in [0.25, 0.3) is 0 Å². The molecule has 0 saturated heterocycles. The predicted octanol–water partition coefficient (Wildman–Crippen LogP) is 5.40. The highest BCUT2D eigenvalue weighted by atomic mass is 16.3. The van der Waals surface area contributed by atoms with E-state index in [0.29, 0.717) is 24.2 Å². The minimum Gasteiger partial charge on any atom is -0.393 e. The molecule has 0 spiro atoms. The summed E-state index contributed by atoms with van der Waals surface area (Å²) in [5.74, 6) is 2.49. The van der Waals surface area contributed by atoms with Crippen LogP contribution in [0.1, 0.15) is 80.1 Å². The molecule has 2 heteroatoms. The fourth-order valence-electron chi connectivity index (χ4n) is 3.09. The van der Waals surface area contributed by atoms with Gasteiger partial charge in [-0.15, -0.1) is 0 Å². The summed E-state index contributed by atoms with van der Waals surface area (Å²) in [5, 5.41) is 9.71. The number of allylic oxidation sites excluding steroid dienone is 2. The fourth-order valence-corrected chi connectivity index (χ4v) is 3.09. The molecule has 1 rings (SSSR count). The van der Waals surface area contributed by atoms with Gasteiger partial charge in [-0.1, -0.05) is 45.8 Å². The molecule has 0 aliphatic heterocycles. The summed E-state index contributed by atoms with van der Waals surface area (Å²) in [6.45, 7) is 13.0. The van der Waals surface area contributed by atoms with Crippen molar-refractivity contribution >= 4 is 6.29 Å². The molecule has 0 unspecified atom stereocenters. The van der Waals surface area contributed by atoms with Crippen LogP contribution >= 0.6 is 0 Å². The van der Waals surface area contributed by atoms with E-state index in [1.165, 1.54) is 18.4 Å². The van der Waals surface area contributed by atoms with Gasteiger partial charge in [0.15, 0.2) is 0 Å². The third-order valence-corrected chi connectivity index (χ3v) is 4.70. The molecule has 0 bridgehead atoms. The number of hydrogen-bond acceptors (Lipinski definition) is 2. The maximum absolute atomic E-state index is 10.1. The van der Waals surface area contributed by atoms with E-state index in [1.54, 1.807) is 0 Å². The summed E-state index contributed by atoms with van der Waals surface area (Å²) in [5.41, 5.74) is 1.36. The molecule has 1 N–H and O–H groups in total. The third-order valence-electron chi connectivity index (χ3n) is 4.70. The van der Waals surface area contributed by atoms with E-state index in [4.69, 9.17) is 0 Å². The van der Waals surface area contributed by atoms with Crippen LogP contribution in [-0.2, 0) is 4.79 Å². The van der Waals surface area contributed by atoms with Crippen molar-refractivity contribution in [1.29, 1.82) is 0 Å². The zero-order valence-electron chi connectivity index (χ0n) is 15.6. The number of aliphatic hydroxyl groups is 1. The van der Waals surface area contributed by atoms with Crippen LogP contribution < -0.4 is 0 Å². The van der Waals surface area contributed by atoms with Crippen LogP contribution in [0.3, 0.4) is 0 Å². The maximum atomic E-state index is 10.1. The van der Waals surface area contributed by atoms with E-state index in [9.17, 15) is 9.90 Å². The van der Waals surface area contributed by atoms with Crippen LogP contribution in [0, 0.1) is 23.7 Å². The molecule has 22 heavy (non-hydrogen) atoms. The predicted molar refractivity (Wildman–Crippen MR) is 95.9 cm³/mol. The molecule has 0 amide bonds. The average molecular weight is 311 g/mol. The first-order chi connectivity index (χ1) is 10.3. The van der Waals surface area contributed by atoms with Crippen LogP contribution in [0.4, 0.5) is 0 Å². The maximum Gasteiger partial charge on any atom is 0.120 e. The van der Waals surface area contributed by atoms with Gasteiger partial charge in [-0.25, -0.2) is 0 Å². The highest BCUT2D eigenvalue weighted by molar-refractivity contribution is 5.49. The Balaban J connectivity index is 0.000000401. The van der Waals surface area contributed by atoms with Crippen molar-refractivity contribution in [3.8, 4) is 0 Å². The largest absolute Gasteiger partial charge is 0.393 e. The van der Waals surface area contributed by atoms with E-state index in [2.05, 4.69) is 47.6 Å². The molecule has 0 aromatic rings. The van der Waals surface area contributed by atoms with Crippen molar-refractivity contribution in [3.63, 3.8) is 0 Å². The summed E-state index contributed by atoms with van der Waals surface area (Å²) < 4.78 is 0. The highest BCUT2D eigenvalue weighted by Gasteiger charge is 2.28. The molecule has 4 atom stereocenters. The summed E-state index contributed by atoms with van der Waals surface area (Å²) in [4.78, 5) is 10.1. The molecule has 0 aromatic carbocycles. The Kier molecular flexibility index (Phi) is 11.5. The van der Waals surface area contributed by atoms with E-state index >= 15 is 0 Å². The number of aldehydes is 1.